The number of allylic oxidation sites excluding steroid dienone is 4. The van der Waals surface area contributed by atoms with Crippen molar-refractivity contribution in [3.63, 3.8) is 0 Å². The number of hydrogen-bond donors (Lipinski definition) is 0. The number of ketones is 2. The van der Waals surface area contributed by atoms with Gasteiger partial charge in [0.05, 0.1) is 18.2 Å². The molecule has 6 nitrogen and oxygen atoms in total. The first-order valence-electron chi connectivity index (χ1n) is 13.7. The van der Waals surface area contributed by atoms with Crippen LogP contribution in [0.5, 0.6) is 11.5 Å². The van der Waals surface area contributed by atoms with Crippen LogP contribution in [0.15, 0.2) is 52.9 Å². The minimum Gasteiger partial charge on any atom is -0.490 e. The van der Waals surface area contributed by atoms with Crippen molar-refractivity contribution in [1.29, 1.82) is 0 Å². The van der Waals surface area contributed by atoms with Crippen molar-refractivity contribution < 1.29 is 23.8 Å². The lowest BCUT2D eigenvalue weighted by Gasteiger charge is -2.44. The van der Waals surface area contributed by atoms with Crippen molar-refractivity contribution in [3.05, 3.63) is 79.1 Å². The third-order valence-electron chi connectivity index (χ3n) is 7.66. The van der Waals surface area contributed by atoms with Gasteiger partial charge in [0.1, 0.15) is 6.61 Å². The van der Waals surface area contributed by atoms with E-state index in [0.29, 0.717) is 70.3 Å². The Morgan fingerprint density at radius 2 is 1.55 bits per heavy atom. The van der Waals surface area contributed by atoms with E-state index in [2.05, 4.69) is 4.90 Å². The zero-order valence-electron chi connectivity index (χ0n) is 22.7. The van der Waals surface area contributed by atoms with Crippen molar-refractivity contribution >= 4 is 46.4 Å². The third-order valence-corrected chi connectivity index (χ3v) is 8.53. The Morgan fingerprint density at radius 1 is 0.875 bits per heavy atom. The largest absolute Gasteiger partial charge is 0.490 e. The second-order valence-corrected chi connectivity index (χ2v) is 11.4. The predicted molar refractivity (Wildman–Crippen MR) is 157 cm³/mol. The van der Waals surface area contributed by atoms with Crippen LogP contribution in [-0.4, -0.2) is 43.3 Å². The summed E-state index contributed by atoms with van der Waals surface area (Å²) < 4.78 is 17.5. The Kier molecular flexibility index (Phi) is 9.11. The summed E-state index contributed by atoms with van der Waals surface area (Å²) >= 11 is 19.2. The van der Waals surface area contributed by atoms with Gasteiger partial charge in [0.25, 0.3) is 0 Å². The molecule has 2 aliphatic carbocycles. The van der Waals surface area contributed by atoms with Gasteiger partial charge in [0.2, 0.25) is 0 Å². The van der Waals surface area contributed by atoms with E-state index in [0.717, 1.165) is 48.2 Å². The topological polar surface area (TPSA) is 65.1 Å². The first-order chi connectivity index (χ1) is 19.3. The summed E-state index contributed by atoms with van der Waals surface area (Å²) in [6, 6.07) is 8.88. The van der Waals surface area contributed by atoms with Crippen LogP contribution in [0.4, 0.5) is 0 Å². The molecule has 1 aliphatic heterocycles. The average Bonchev–Trinajstić information content (AvgIpc) is 2.92. The fourth-order valence-electron chi connectivity index (χ4n) is 5.95. The van der Waals surface area contributed by atoms with Crippen LogP contribution in [0, 0.1) is 0 Å². The van der Waals surface area contributed by atoms with Gasteiger partial charge < -0.3 is 19.1 Å². The van der Waals surface area contributed by atoms with E-state index in [4.69, 9.17) is 49.0 Å². The van der Waals surface area contributed by atoms with E-state index < -0.39 is 5.92 Å². The van der Waals surface area contributed by atoms with Crippen molar-refractivity contribution in [3.8, 4) is 11.5 Å². The van der Waals surface area contributed by atoms with Gasteiger partial charge in [-0.05, 0) is 62.4 Å². The maximum Gasteiger partial charge on any atom is 0.180 e. The summed E-state index contributed by atoms with van der Waals surface area (Å²) in [5, 5.41) is 1.36. The number of carbonyl (C=O) groups is 2. The van der Waals surface area contributed by atoms with E-state index in [1.54, 1.807) is 31.4 Å². The smallest absolute Gasteiger partial charge is 0.180 e. The standard InChI is InChI=1S/C31H32Cl3NO5/c1-3-39-27-15-19(14-22(34)31(27)40-17-18-10-11-20(32)16-21(18)33)28-29-23(6-4-8-25(29)36)35(12-13-38-2)24-7-5-9-26(37)30(24)28/h10-11,14-16,28H,3-9,12-13,17H2,1-2H3. The molecule has 40 heavy (non-hydrogen) atoms. The quantitative estimate of drug-likeness (QED) is 0.292. The van der Waals surface area contributed by atoms with Gasteiger partial charge in [-0.1, -0.05) is 40.9 Å². The summed E-state index contributed by atoms with van der Waals surface area (Å²) in [5.41, 5.74) is 4.88. The predicted octanol–water partition coefficient (Wildman–Crippen LogP) is 7.68. The van der Waals surface area contributed by atoms with Gasteiger partial charge in [-0.25, -0.2) is 0 Å². The average molecular weight is 605 g/mol. The van der Waals surface area contributed by atoms with E-state index in [-0.39, 0.29) is 18.2 Å². The van der Waals surface area contributed by atoms with Crippen LogP contribution in [0.1, 0.15) is 62.5 Å². The van der Waals surface area contributed by atoms with Crippen molar-refractivity contribution in [2.24, 2.45) is 0 Å². The van der Waals surface area contributed by atoms with Crippen molar-refractivity contribution in [2.75, 3.05) is 26.9 Å². The normalized spacial score (nSPS) is 17.8. The Hall–Kier alpha value is -2.51. The molecule has 0 aromatic heterocycles. The highest BCUT2D eigenvalue weighted by Gasteiger charge is 2.43. The summed E-state index contributed by atoms with van der Waals surface area (Å²) in [5.74, 6) is 0.480. The molecule has 0 atom stereocenters. The highest BCUT2D eigenvalue weighted by Crippen LogP contribution is 2.51. The number of halogens is 3. The van der Waals surface area contributed by atoms with E-state index in [1.807, 2.05) is 13.0 Å². The number of carbonyl (C=O) groups excluding carboxylic acids is 2. The molecule has 0 saturated carbocycles. The molecule has 0 bridgehead atoms. The van der Waals surface area contributed by atoms with Crippen LogP contribution in [0.3, 0.4) is 0 Å². The van der Waals surface area contributed by atoms with E-state index >= 15 is 0 Å². The monoisotopic (exact) mass is 603 g/mol. The molecule has 5 rings (SSSR count). The molecule has 0 spiro atoms. The minimum absolute atomic E-state index is 0.0744. The van der Waals surface area contributed by atoms with Gasteiger partial charge in [-0.15, -0.1) is 0 Å². The fraction of sp³-hybridized carbons (Fsp3) is 0.419. The lowest BCUT2D eigenvalue weighted by atomic mass is 9.71. The molecule has 212 valence electrons. The molecular formula is C31H32Cl3NO5. The molecule has 9 heteroatoms. The lowest BCUT2D eigenvalue weighted by molar-refractivity contribution is -0.117. The van der Waals surface area contributed by atoms with Crippen molar-refractivity contribution in [1.82, 2.24) is 4.90 Å². The van der Waals surface area contributed by atoms with Crippen LogP contribution in [0.25, 0.3) is 0 Å². The van der Waals surface area contributed by atoms with Crippen LogP contribution in [-0.2, 0) is 20.9 Å². The highest BCUT2D eigenvalue weighted by atomic mass is 35.5. The number of nitrogens with zero attached hydrogens (tertiary/aromatic N) is 1. The van der Waals surface area contributed by atoms with Gasteiger partial charge in [0, 0.05) is 70.6 Å². The van der Waals surface area contributed by atoms with Crippen LogP contribution in [0.2, 0.25) is 15.1 Å². The second kappa shape index (κ2) is 12.6. The molecule has 0 saturated heterocycles. The molecule has 0 N–H and O–H groups in total. The molecule has 2 aromatic rings. The van der Waals surface area contributed by atoms with Gasteiger partial charge in [-0.2, -0.15) is 0 Å². The Bertz CT molecular complexity index is 1360. The lowest BCUT2D eigenvalue weighted by Crippen LogP contribution is -2.40. The molecule has 2 aromatic carbocycles. The SMILES string of the molecule is CCOc1cc(C2C3=C(CCCC3=O)N(CCOC)C3=C2C(=O)CCC3)cc(Cl)c1OCc1ccc(Cl)cc1Cl. The maximum atomic E-state index is 13.5. The number of hydrogen-bond acceptors (Lipinski definition) is 6. The molecule has 1 heterocycles. The maximum absolute atomic E-state index is 13.5. The molecule has 0 radical (unpaired) electrons. The van der Waals surface area contributed by atoms with E-state index in [1.165, 1.54) is 0 Å². The summed E-state index contributed by atoms with van der Waals surface area (Å²) in [6.45, 7) is 3.53. The minimum atomic E-state index is -0.499. The Labute approximate surface area is 249 Å². The summed E-state index contributed by atoms with van der Waals surface area (Å²) in [6.07, 6.45) is 4.05. The molecule has 0 unspecified atom stereocenters. The zero-order chi connectivity index (χ0) is 28.4. The summed E-state index contributed by atoms with van der Waals surface area (Å²) in [7, 11) is 1.66. The Morgan fingerprint density at radius 3 is 2.15 bits per heavy atom. The first kappa shape index (κ1) is 29.0. The molecule has 0 fully saturated rings. The number of rotatable bonds is 9. The van der Waals surface area contributed by atoms with Crippen molar-refractivity contribution in [2.45, 2.75) is 58.0 Å². The number of benzene rings is 2. The number of ether oxygens (including phenoxy) is 3. The van der Waals surface area contributed by atoms with Crippen LogP contribution < -0.4 is 9.47 Å². The van der Waals surface area contributed by atoms with E-state index in [9.17, 15) is 9.59 Å². The number of methoxy groups -OCH3 is 1. The highest BCUT2D eigenvalue weighted by molar-refractivity contribution is 6.35. The first-order valence-corrected chi connectivity index (χ1v) is 14.8. The zero-order valence-corrected chi connectivity index (χ0v) is 24.9. The van der Waals surface area contributed by atoms with Gasteiger partial charge >= 0.3 is 0 Å². The summed E-state index contributed by atoms with van der Waals surface area (Å²) in [4.78, 5) is 29.2. The Balaban J connectivity index is 1.60. The third kappa shape index (κ3) is 5.64. The number of Topliss-reactive ketones (excluding diaryl/α,β-unsaturated/α-hetero) is 2. The van der Waals surface area contributed by atoms with Gasteiger partial charge in [0.15, 0.2) is 23.1 Å². The fourth-order valence-corrected chi connectivity index (χ4v) is 6.69. The molecule has 3 aliphatic rings. The van der Waals surface area contributed by atoms with Gasteiger partial charge in [-0.3, -0.25) is 9.59 Å². The molecule has 0 amide bonds. The second-order valence-electron chi connectivity index (χ2n) is 10.1. The van der Waals surface area contributed by atoms with Crippen LogP contribution >= 0.6 is 34.8 Å². The molecular weight excluding hydrogens is 573 g/mol.